The molecule has 28 heavy (non-hydrogen) atoms. The Kier molecular flexibility index (Phi) is 4.60. The minimum Gasteiger partial charge on any atom is -0.378 e. The van der Waals surface area contributed by atoms with E-state index in [9.17, 15) is 9.18 Å². The number of carbonyl (C=O) groups is 1. The van der Waals surface area contributed by atoms with E-state index in [0.717, 1.165) is 33.3 Å². The molecule has 1 amide bonds. The van der Waals surface area contributed by atoms with Gasteiger partial charge in [-0.3, -0.25) is 9.20 Å². The van der Waals surface area contributed by atoms with Crippen molar-refractivity contribution in [1.29, 1.82) is 0 Å². The van der Waals surface area contributed by atoms with Crippen LogP contribution in [0.15, 0.2) is 54.7 Å². The van der Waals surface area contributed by atoms with Crippen molar-refractivity contribution in [3.8, 4) is 11.3 Å². The molecule has 0 aliphatic carbocycles. The van der Waals surface area contributed by atoms with E-state index in [1.807, 2.05) is 60.8 Å². The van der Waals surface area contributed by atoms with Crippen molar-refractivity contribution in [2.45, 2.75) is 6.92 Å². The predicted molar refractivity (Wildman–Crippen MR) is 112 cm³/mol. The zero-order valence-corrected chi connectivity index (χ0v) is 16.5. The Morgan fingerprint density at radius 2 is 1.79 bits per heavy atom. The molecule has 1 N–H and O–H groups in total. The number of hydrogen-bond donors (Lipinski definition) is 1. The first-order valence-corrected chi connectivity index (χ1v) is 9.57. The molecule has 142 valence electrons. The van der Waals surface area contributed by atoms with Gasteiger partial charge in [-0.05, 0) is 55.5 Å². The highest BCUT2D eigenvalue weighted by Crippen LogP contribution is 2.28. The average molecular weight is 394 g/mol. The van der Waals surface area contributed by atoms with E-state index in [1.54, 1.807) is 12.1 Å². The van der Waals surface area contributed by atoms with E-state index >= 15 is 0 Å². The number of amides is 1. The highest BCUT2D eigenvalue weighted by atomic mass is 32.1. The van der Waals surface area contributed by atoms with Gasteiger partial charge >= 0.3 is 0 Å². The number of hydrogen-bond acceptors (Lipinski definition) is 4. The SMILES string of the molecule is Cc1c(C(=O)Nc2ccc(N(C)C)cc2)sc2nc(-c3ccc(F)cc3)cn12. The number of rotatable bonds is 4. The van der Waals surface area contributed by atoms with Crippen LogP contribution in [0.1, 0.15) is 15.4 Å². The van der Waals surface area contributed by atoms with Crippen molar-refractivity contribution in [3.05, 3.63) is 71.1 Å². The summed E-state index contributed by atoms with van der Waals surface area (Å²) in [6, 6.07) is 13.9. The lowest BCUT2D eigenvalue weighted by Gasteiger charge is -2.12. The zero-order chi connectivity index (χ0) is 19.8. The fraction of sp³-hybridized carbons (Fsp3) is 0.143. The van der Waals surface area contributed by atoms with E-state index in [-0.39, 0.29) is 11.7 Å². The molecule has 0 saturated carbocycles. The van der Waals surface area contributed by atoms with Crippen molar-refractivity contribution >= 4 is 33.6 Å². The first-order valence-electron chi connectivity index (χ1n) is 8.75. The van der Waals surface area contributed by atoms with Crippen LogP contribution in [0.3, 0.4) is 0 Å². The summed E-state index contributed by atoms with van der Waals surface area (Å²) in [5.74, 6) is -0.438. The van der Waals surface area contributed by atoms with Crippen LogP contribution in [0.2, 0.25) is 0 Å². The second-order valence-electron chi connectivity index (χ2n) is 6.70. The highest BCUT2D eigenvalue weighted by molar-refractivity contribution is 7.19. The molecule has 0 aliphatic rings. The summed E-state index contributed by atoms with van der Waals surface area (Å²) in [5.41, 5.74) is 4.22. The Morgan fingerprint density at radius 3 is 2.39 bits per heavy atom. The molecule has 2 aromatic carbocycles. The van der Waals surface area contributed by atoms with Crippen molar-refractivity contribution in [2.75, 3.05) is 24.3 Å². The van der Waals surface area contributed by atoms with Gasteiger partial charge in [0.15, 0.2) is 4.96 Å². The topological polar surface area (TPSA) is 49.6 Å². The largest absolute Gasteiger partial charge is 0.378 e. The Balaban J connectivity index is 1.58. The van der Waals surface area contributed by atoms with Crippen LogP contribution >= 0.6 is 11.3 Å². The number of aromatic nitrogens is 2. The van der Waals surface area contributed by atoms with Crippen LogP contribution < -0.4 is 10.2 Å². The number of aryl methyl sites for hydroxylation is 1. The molecule has 2 aromatic heterocycles. The van der Waals surface area contributed by atoms with Crippen molar-refractivity contribution < 1.29 is 9.18 Å². The number of carbonyl (C=O) groups excluding carboxylic acids is 1. The summed E-state index contributed by atoms with van der Waals surface area (Å²) in [7, 11) is 3.94. The van der Waals surface area contributed by atoms with E-state index < -0.39 is 0 Å². The Hall–Kier alpha value is -3.19. The number of imidazole rings is 1. The first-order chi connectivity index (χ1) is 13.4. The van der Waals surface area contributed by atoms with Gasteiger partial charge in [-0.15, -0.1) is 0 Å². The van der Waals surface area contributed by atoms with Gasteiger partial charge in [0.05, 0.1) is 5.69 Å². The van der Waals surface area contributed by atoms with E-state index in [2.05, 4.69) is 10.3 Å². The zero-order valence-electron chi connectivity index (χ0n) is 15.7. The Bertz CT molecular complexity index is 1140. The van der Waals surface area contributed by atoms with Gasteiger partial charge in [-0.25, -0.2) is 9.37 Å². The molecular weight excluding hydrogens is 375 g/mol. The highest BCUT2D eigenvalue weighted by Gasteiger charge is 2.18. The number of thiazole rings is 1. The maximum absolute atomic E-state index is 13.1. The number of nitrogens with one attached hydrogen (secondary N) is 1. The molecule has 0 saturated heterocycles. The standard InChI is InChI=1S/C21H19FN4OS/c1-13-19(20(27)23-16-8-10-17(11-9-16)25(2)3)28-21-24-18(12-26(13)21)14-4-6-15(22)7-5-14/h4-12H,1-3H3,(H,23,27). The maximum Gasteiger partial charge on any atom is 0.267 e. The van der Waals surface area contributed by atoms with Crippen LogP contribution in [-0.2, 0) is 0 Å². The molecule has 0 bridgehead atoms. The summed E-state index contributed by atoms with van der Waals surface area (Å²) in [6.45, 7) is 1.89. The minimum absolute atomic E-state index is 0.158. The van der Waals surface area contributed by atoms with Crippen LogP contribution in [0.5, 0.6) is 0 Å². The van der Waals surface area contributed by atoms with Gasteiger partial charge in [-0.1, -0.05) is 11.3 Å². The van der Waals surface area contributed by atoms with Gasteiger partial charge in [-0.2, -0.15) is 0 Å². The molecule has 4 aromatic rings. The predicted octanol–water partition coefficient (Wildman–Crippen LogP) is 4.83. The lowest BCUT2D eigenvalue weighted by atomic mass is 10.2. The van der Waals surface area contributed by atoms with Crippen molar-refractivity contribution in [1.82, 2.24) is 9.38 Å². The summed E-state index contributed by atoms with van der Waals surface area (Å²) in [6.07, 6.45) is 1.87. The quantitative estimate of drug-likeness (QED) is 0.539. The van der Waals surface area contributed by atoms with Gasteiger partial charge in [0.25, 0.3) is 5.91 Å². The minimum atomic E-state index is -0.279. The molecule has 0 aliphatic heterocycles. The van der Waals surface area contributed by atoms with Crippen LogP contribution in [0, 0.1) is 12.7 Å². The average Bonchev–Trinajstić information content (AvgIpc) is 3.22. The second-order valence-corrected chi connectivity index (χ2v) is 7.68. The fourth-order valence-corrected chi connectivity index (χ4v) is 3.96. The molecule has 7 heteroatoms. The summed E-state index contributed by atoms with van der Waals surface area (Å²) in [5, 5.41) is 2.94. The number of anilines is 2. The fourth-order valence-electron chi connectivity index (χ4n) is 2.95. The smallest absolute Gasteiger partial charge is 0.267 e. The third kappa shape index (κ3) is 3.36. The van der Waals surface area contributed by atoms with Crippen molar-refractivity contribution in [2.24, 2.45) is 0 Å². The van der Waals surface area contributed by atoms with E-state index in [4.69, 9.17) is 0 Å². The molecule has 2 heterocycles. The van der Waals surface area contributed by atoms with Gasteiger partial charge in [0, 0.05) is 42.9 Å². The molecule has 0 unspecified atom stereocenters. The molecule has 5 nitrogen and oxygen atoms in total. The molecular formula is C21H19FN4OS. The normalized spacial score (nSPS) is 11.0. The Labute approximate surface area is 166 Å². The van der Waals surface area contributed by atoms with Gasteiger partial charge in [0.2, 0.25) is 0 Å². The lowest BCUT2D eigenvalue weighted by molar-refractivity contribution is 0.102. The van der Waals surface area contributed by atoms with Gasteiger partial charge in [0.1, 0.15) is 10.7 Å². The van der Waals surface area contributed by atoms with Crippen LogP contribution in [0.25, 0.3) is 16.2 Å². The number of fused-ring (bicyclic) bond motifs is 1. The molecule has 0 fully saturated rings. The maximum atomic E-state index is 13.1. The summed E-state index contributed by atoms with van der Waals surface area (Å²) < 4.78 is 15.0. The molecule has 4 rings (SSSR count). The molecule has 0 spiro atoms. The number of nitrogens with zero attached hydrogens (tertiary/aromatic N) is 3. The third-order valence-corrected chi connectivity index (χ3v) is 5.70. The molecule has 0 atom stereocenters. The van der Waals surface area contributed by atoms with Crippen molar-refractivity contribution in [3.63, 3.8) is 0 Å². The summed E-state index contributed by atoms with van der Waals surface area (Å²) >= 11 is 1.34. The second kappa shape index (κ2) is 7.09. The molecule has 0 radical (unpaired) electrons. The van der Waals surface area contributed by atoms with Gasteiger partial charge < -0.3 is 10.2 Å². The monoisotopic (exact) mass is 394 g/mol. The lowest BCUT2D eigenvalue weighted by Crippen LogP contribution is -2.12. The van der Waals surface area contributed by atoms with Crippen LogP contribution in [0.4, 0.5) is 15.8 Å². The van der Waals surface area contributed by atoms with Crippen LogP contribution in [-0.4, -0.2) is 29.4 Å². The number of halogens is 1. The first kappa shape index (κ1) is 18.2. The Morgan fingerprint density at radius 1 is 1.11 bits per heavy atom. The van der Waals surface area contributed by atoms with E-state index in [0.29, 0.717) is 4.88 Å². The number of benzene rings is 2. The third-order valence-electron chi connectivity index (χ3n) is 4.54. The summed E-state index contributed by atoms with van der Waals surface area (Å²) in [4.78, 5) is 20.7. The van der Waals surface area contributed by atoms with E-state index in [1.165, 1.54) is 23.5 Å².